The van der Waals surface area contributed by atoms with Crippen LogP contribution in [0.25, 0.3) is 21.5 Å². The van der Waals surface area contributed by atoms with Crippen molar-refractivity contribution in [3.05, 3.63) is 84.7 Å². The van der Waals surface area contributed by atoms with Crippen molar-refractivity contribution < 1.29 is 73.7 Å². The minimum atomic E-state index is -2.08. The molecule has 15 nitrogen and oxygen atoms in total. The van der Waals surface area contributed by atoms with Gasteiger partial charge in [-0.05, 0) is 0 Å². The van der Waals surface area contributed by atoms with Crippen molar-refractivity contribution in [2.24, 2.45) is 0 Å². The number of esters is 2. The van der Waals surface area contributed by atoms with Crippen molar-refractivity contribution in [3.63, 3.8) is 0 Å². The summed E-state index contributed by atoms with van der Waals surface area (Å²) >= 11 is 49.7. The van der Waals surface area contributed by atoms with E-state index in [4.69, 9.17) is 97.5 Å². The largest absolute Gasteiger partial charge is 0.478 e. The minimum absolute atomic E-state index is 0.755. The predicted molar refractivity (Wildman–Crippen MR) is 179 cm³/mol. The molecule has 0 aliphatic rings. The van der Waals surface area contributed by atoms with Gasteiger partial charge in [0.05, 0.1) is 84.7 Å². The van der Waals surface area contributed by atoms with E-state index in [-0.39, 0.29) is 0 Å². The van der Waals surface area contributed by atoms with E-state index in [1.165, 1.54) is 0 Å². The molecule has 264 valence electrons. The summed E-state index contributed by atoms with van der Waals surface area (Å²) in [5.74, 6) is -16.1. The lowest BCUT2D eigenvalue weighted by atomic mass is 9.94. The molecule has 51 heavy (non-hydrogen) atoms. The summed E-state index contributed by atoms with van der Waals surface area (Å²) in [6, 6.07) is 0. The number of fused-ring (bicyclic) bond motifs is 2. The molecule has 4 aromatic carbocycles. The fraction of sp³-hybridized carbons (Fsp3) is 0. The minimum Gasteiger partial charge on any atom is -0.478 e. The summed E-state index contributed by atoms with van der Waals surface area (Å²) in [5.41, 5.74) is -9.90. The Morgan fingerprint density at radius 2 is 0.431 bits per heavy atom. The Kier molecular flexibility index (Phi) is 10.8. The fourth-order valence-corrected chi connectivity index (χ4v) is 8.02. The number of ether oxygens (including phenoxy) is 1. The Morgan fingerprint density at radius 1 is 0.294 bits per heavy atom. The summed E-state index contributed by atoms with van der Waals surface area (Å²) in [5, 5.41) is 47.1. The van der Waals surface area contributed by atoms with Crippen molar-refractivity contribution in [3.8, 4) is 0 Å². The first kappa shape index (κ1) is 39.5. The van der Waals surface area contributed by atoms with Crippen molar-refractivity contribution in [1.82, 2.24) is 0 Å². The molecule has 0 aliphatic heterocycles. The van der Waals surface area contributed by atoms with Crippen LogP contribution >= 0.6 is 92.8 Å². The highest BCUT2D eigenvalue weighted by Gasteiger charge is 2.38. The number of carbonyl (C=O) groups is 8. The van der Waals surface area contributed by atoms with Gasteiger partial charge in [-0.1, -0.05) is 92.8 Å². The smallest absolute Gasteiger partial charge is 0.348 e. The maximum atomic E-state index is 13.5. The number of carbonyl (C=O) groups excluding carboxylic acids is 2. The van der Waals surface area contributed by atoms with Crippen LogP contribution in [0.4, 0.5) is 0 Å². The summed E-state index contributed by atoms with van der Waals surface area (Å²) in [7, 11) is 0. The second-order valence-electron chi connectivity index (χ2n) is 9.52. The number of rotatable bonds is 8. The van der Waals surface area contributed by atoms with E-state index in [0.29, 0.717) is 0 Å². The number of carboxylic acid groups (broad SMARTS) is 6. The van der Waals surface area contributed by atoms with Crippen LogP contribution in [0, 0.1) is 0 Å². The van der Waals surface area contributed by atoms with E-state index in [0.717, 1.165) is 0 Å². The third kappa shape index (κ3) is 6.08. The maximum absolute atomic E-state index is 13.5. The lowest BCUT2D eigenvalue weighted by molar-refractivity contribution is 0.0386. The molecule has 0 atom stereocenters. The molecule has 4 aromatic rings. The summed E-state index contributed by atoms with van der Waals surface area (Å²) in [6.07, 6.45) is 0. The molecule has 0 heterocycles. The molecule has 0 aromatic heterocycles. The summed E-state index contributed by atoms with van der Waals surface area (Å²) in [4.78, 5) is 99.5. The summed E-state index contributed by atoms with van der Waals surface area (Å²) < 4.78 is 4.73. The van der Waals surface area contributed by atoms with Crippen LogP contribution in [0.15, 0.2) is 0 Å². The molecule has 0 fully saturated rings. The molecule has 0 radical (unpaired) electrons. The average molecular weight is 866 g/mol. The van der Waals surface area contributed by atoms with Gasteiger partial charge in [0.2, 0.25) is 0 Å². The lowest BCUT2D eigenvalue weighted by Crippen LogP contribution is -2.21. The Hall–Kier alpha value is -4.32. The van der Waals surface area contributed by atoms with Crippen molar-refractivity contribution in [2.45, 2.75) is 0 Å². The fourth-order valence-electron chi connectivity index (χ4n) is 4.92. The molecule has 0 spiro atoms. The lowest BCUT2D eigenvalue weighted by Gasteiger charge is -2.19. The molecular formula is C28H6Cl8O15. The third-order valence-corrected chi connectivity index (χ3v) is 9.91. The van der Waals surface area contributed by atoms with Gasteiger partial charge in [0, 0.05) is 21.5 Å². The van der Waals surface area contributed by atoms with Crippen molar-refractivity contribution in [1.29, 1.82) is 0 Å². The van der Waals surface area contributed by atoms with Crippen LogP contribution in [-0.2, 0) is 4.74 Å². The van der Waals surface area contributed by atoms with E-state index >= 15 is 0 Å². The standard InChI is InChI=1S/C28H6Cl8O15/c29-13-1-3(15(31)7(23(41)42)5(13)21(37)38)19(35)11(9(17(1)33)25(45)46)27(49)51-28(50)12-10(26(47)48)18(34)2-4(20(12)36)16(32)8(24(43)44)6(14(2)30)22(39)40/h(H,37,38)(H,39,40)(H,41,42)(H,43,44)(H,45,46)(H,47,48). The number of hydrogen-bond acceptors (Lipinski definition) is 9. The molecule has 0 bridgehead atoms. The molecule has 4 rings (SSSR count). The van der Waals surface area contributed by atoms with Crippen molar-refractivity contribution in [2.75, 3.05) is 0 Å². The molecule has 6 N–H and O–H groups in total. The number of aromatic carboxylic acids is 6. The Balaban J connectivity index is 2.10. The van der Waals surface area contributed by atoms with E-state index in [1.807, 2.05) is 0 Å². The van der Waals surface area contributed by atoms with Gasteiger partial charge in [0.1, 0.15) is 0 Å². The first-order valence-corrected chi connectivity index (χ1v) is 15.4. The molecule has 0 unspecified atom stereocenters. The second-order valence-corrected chi connectivity index (χ2v) is 12.5. The van der Waals surface area contributed by atoms with Crippen LogP contribution in [0.2, 0.25) is 40.2 Å². The van der Waals surface area contributed by atoms with E-state index in [2.05, 4.69) is 0 Å². The zero-order chi connectivity index (χ0) is 38.9. The number of benzene rings is 4. The van der Waals surface area contributed by atoms with E-state index < -0.39 is 154 Å². The first-order chi connectivity index (χ1) is 23.5. The van der Waals surface area contributed by atoms with Crippen LogP contribution in [0.1, 0.15) is 82.9 Å². The zero-order valence-corrected chi connectivity index (χ0v) is 29.4. The van der Waals surface area contributed by atoms with Gasteiger partial charge in [0.15, 0.2) is 0 Å². The van der Waals surface area contributed by atoms with Gasteiger partial charge in [-0.15, -0.1) is 0 Å². The molecule has 23 heteroatoms. The Bertz CT molecular complexity index is 2270. The topological polar surface area (TPSA) is 267 Å². The molecule has 0 aliphatic carbocycles. The van der Waals surface area contributed by atoms with Gasteiger partial charge in [-0.3, -0.25) is 0 Å². The zero-order valence-electron chi connectivity index (χ0n) is 23.4. The first-order valence-electron chi connectivity index (χ1n) is 12.4. The van der Waals surface area contributed by atoms with Gasteiger partial charge < -0.3 is 35.4 Å². The number of carboxylic acids is 6. The van der Waals surface area contributed by atoms with Gasteiger partial charge in [-0.2, -0.15) is 0 Å². The Morgan fingerprint density at radius 3 is 0.588 bits per heavy atom. The quantitative estimate of drug-likeness (QED) is 0.0717. The highest BCUT2D eigenvalue weighted by Crippen LogP contribution is 2.49. The van der Waals surface area contributed by atoms with Gasteiger partial charge in [0.25, 0.3) is 0 Å². The molecule has 0 saturated carbocycles. The summed E-state index contributed by atoms with van der Waals surface area (Å²) in [6.45, 7) is 0. The number of halogens is 8. The van der Waals surface area contributed by atoms with Gasteiger partial charge >= 0.3 is 47.8 Å². The second kappa shape index (κ2) is 14.0. The van der Waals surface area contributed by atoms with Crippen LogP contribution in [0.3, 0.4) is 0 Å². The maximum Gasteiger partial charge on any atom is 0.348 e. The predicted octanol–water partition coefficient (Wildman–Crippen LogP) is 8.41. The van der Waals surface area contributed by atoms with Crippen molar-refractivity contribution >= 4 is 162 Å². The highest BCUT2D eigenvalue weighted by atomic mass is 35.5. The molecule has 0 saturated heterocycles. The normalized spacial score (nSPS) is 11.1. The monoisotopic (exact) mass is 862 g/mol. The van der Waals surface area contributed by atoms with Crippen LogP contribution in [-0.4, -0.2) is 78.4 Å². The Labute approximate surface area is 318 Å². The van der Waals surface area contributed by atoms with E-state index in [1.54, 1.807) is 0 Å². The average Bonchev–Trinajstić information content (AvgIpc) is 3.00. The van der Waals surface area contributed by atoms with Crippen LogP contribution in [0.5, 0.6) is 0 Å². The third-order valence-electron chi connectivity index (χ3n) is 6.89. The molecule has 0 amide bonds. The SMILES string of the molecule is O=C(O)c1c(C(=O)O)c(Cl)c2c(Cl)c(C(=O)OC(=O)c3c(C(=O)O)c(Cl)c4c(Cl)c(C(=O)O)c(C(=O)O)c(Cl)c4c3Cl)c(C(=O)O)c(Cl)c2c1Cl. The van der Waals surface area contributed by atoms with Crippen LogP contribution < -0.4 is 0 Å². The number of hydrogen-bond donors (Lipinski definition) is 6. The van der Waals surface area contributed by atoms with Gasteiger partial charge in [-0.25, -0.2) is 38.4 Å². The highest BCUT2D eigenvalue weighted by molar-refractivity contribution is 6.55. The van der Waals surface area contributed by atoms with E-state index in [9.17, 15) is 69.0 Å². The molecular weight excluding hydrogens is 860 g/mol.